The van der Waals surface area contributed by atoms with Crippen LogP contribution in [0.2, 0.25) is 0 Å². The predicted molar refractivity (Wildman–Crippen MR) is 87.2 cm³/mol. The lowest BCUT2D eigenvalue weighted by Gasteiger charge is -2.28. The first-order valence-corrected chi connectivity index (χ1v) is 7.97. The number of carbonyl (C=O) groups is 1. The van der Waals surface area contributed by atoms with E-state index in [4.69, 9.17) is 0 Å². The zero-order chi connectivity index (χ0) is 16.1. The third-order valence-electron chi connectivity index (χ3n) is 4.10. The second-order valence-electron chi connectivity index (χ2n) is 5.87. The lowest BCUT2D eigenvalue weighted by atomic mass is 10.1. The molecule has 0 spiro atoms. The Balaban J connectivity index is 1.43. The van der Waals surface area contributed by atoms with Gasteiger partial charge >= 0.3 is 6.03 Å². The molecule has 1 aliphatic rings. The van der Waals surface area contributed by atoms with Gasteiger partial charge in [0.15, 0.2) is 5.82 Å². The number of rotatable bonds is 5. The normalized spacial score (nSPS) is 16.4. The predicted octanol–water partition coefficient (Wildman–Crippen LogP) is 1.17. The third-order valence-corrected chi connectivity index (χ3v) is 4.10. The second kappa shape index (κ2) is 7.28. The molecule has 3 rings (SSSR count). The molecule has 2 aromatic rings. The van der Waals surface area contributed by atoms with E-state index in [1.165, 1.54) is 0 Å². The van der Waals surface area contributed by atoms with Gasteiger partial charge in [-0.3, -0.25) is 14.7 Å². The summed E-state index contributed by atoms with van der Waals surface area (Å²) in [6, 6.07) is 3.87. The average Bonchev–Trinajstić information content (AvgIpc) is 3.20. The molecule has 0 unspecified atom stereocenters. The Morgan fingerprint density at radius 1 is 1.35 bits per heavy atom. The van der Waals surface area contributed by atoms with Crippen LogP contribution in [0.1, 0.15) is 18.9 Å². The third kappa shape index (κ3) is 4.32. The standard InChI is InChI=1S/C15H23N7O/c1-20-9-3-13(4-10-20)22-11-5-14(19-22)18-15(23)16-7-12-21-8-2-6-17-21/h2,5-6,8,11,13H,3-4,7,9-10,12H2,1H3,(H2,16,18,19,23). The van der Waals surface area contributed by atoms with Gasteiger partial charge in [-0.05, 0) is 39.0 Å². The highest BCUT2D eigenvalue weighted by atomic mass is 16.2. The molecule has 1 fully saturated rings. The summed E-state index contributed by atoms with van der Waals surface area (Å²) in [4.78, 5) is 14.2. The monoisotopic (exact) mass is 317 g/mol. The number of anilines is 1. The maximum atomic E-state index is 11.9. The van der Waals surface area contributed by atoms with Gasteiger partial charge in [0.2, 0.25) is 0 Å². The van der Waals surface area contributed by atoms with Gasteiger partial charge in [0, 0.05) is 31.2 Å². The number of likely N-dealkylation sites (tertiary alicyclic amines) is 1. The smallest absolute Gasteiger partial charge is 0.320 e. The zero-order valence-electron chi connectivity index (χ0n) is 13.4. The SMILES string of the molecule is CN1CCC(n2ccc(NC(=O)NCCn3cccn3)n2)CC1. The van der Waals surface area contributed by atoms with E-state index in [1.807, 2.05) is 29.2 Å². The second-order valence-corrected chi connectivity index (χ2v) is 5.87. The van der Waals surface area contributed by atoms with Gasteiger partial charge in [0.1, 0.15) is 0 Å². The molecule has 124 valence electrons. The topological polar surface area (TPSA) is 80.0 Å². The van der Waals surface area contributed by atoms with E-state index in [0.29, 0.717) is 24.9 Å². The van der Waals surface area contributed by atoms with Crippen LogP contribution in [0.5, 0.6) is 0 Å². The molecule has 2 aromatic heterocycles. The summed E-state index contributed by atoms with van der Waals surface area (Å²) >= 11 is 0. The van der Waals surface area contributed by atoms with Gasteiger partial charge in [0.05, 0.1) is 12.6 Å². The molecule has 8 nitrogen and oxygen atoms in total. The molecule has 23 heavy (non-hydrogen) atoms. The van der Waals surface area contributed by atoms with Crippen LogP contribution in [0, 0.1) is 0 Å². The number of aromatic nitrogens is 4. The summed E-state index contributed by atoms with van der Waals surface area (Å²) in [5.41, 5.74) is 0. The quantitative estimate of drug-likeness (QED) is 0.867. The molecule has 0 radical (unpaired) electrons. The Morgan fingerprint density at radius 2 is 2.17 bits per heavy atom. The van der Waals surface area contributed by atoms with Gasteiger partial charge in [-0.1, -0.05) is 0 Å². The number of nitrogens with zero attached hydrogens (tertiary/aromatic N) is 5. The fourth-order valence-corrected chi connectivity index (χ4v) is 2.74. The highest BCUT2D eigenvalue weighted by molar-refractivity contribution is 5.88. The molecule has 1 aliphatic heterocycles. The van der Waals surface area contributed by atoms with Gasteiger partial charge in [-0.25, -0.2) is 4.79 Å². The summed E-state index contributed by atoms with van der Waals surface area (Å²) in [7, 11) is 2.14. The minimum Gasteiger partial charge on any atom is -0.336 e. The van der Waals surface area contributed by atoms with Crippen molar-refractivity contribution in [3.8, 4) is 0 Å². The Labute approximate surface area is 135 Å². The molecule has 0 saturated carbocycles. The first-order valence-electron chi connectivity index (χ1n) is 7.97. The first kappa shape index (κ1) is 15.5. The van der Waals surface area contributed by atoms with E-state index in [9.17, 15) is 4.79 Å². The molecule has 2 N–H and O–H groups in total. The van der Waals surface area contributed by atoms with Crippen molar-refractivity contribution in [3.63, 3.8) is 0 Å². The molecule has 0 atom stereocenters. The number of carbonyl (C=O) groups excluding carboxylic acids is 1. The number of nitrogens with one attached hydrogen (secondary N) is 2. The Kier molecular flexibility index (Phi) is 4.92. The highest BCUT2D eigenvalue weighted by Gasteiger charge is 2.19. The number of hydrogen-bond acceptors (Lipinski definition) is 4. The van der Waals surface area contributed by atoms with Crippen molar-refractivity contribution in [3.05, 3.63) is 30.7 Å². The number of urea groups is 1. The zero-order valence-corrected chi connectivity index (χ0v) is 13.4. The van der Waals surface area contributed by atoms with Crippen molar-refractivity contribution in [1.82, 2.24) is 29.8 Å². The summed E-state index contributed by atoms with van der Waals surface area (Å²) < 4.78 is 3.74. The number of hydrogen-bond donors (Lipinski definition) is 2. The highest BCUT2D eigenvalue weighted by Crippen LogP contribution is 2.21. The van der Waals surface area contributed by atoms with Crippen molar-refractivity contribution >= 4 is 11.8 Å². The van der Waals surface area contributed by atoms with Crippen molar-refractivity contribution in [2.24, 2.45) is 0 Å². The Bertz CT molecular complexity index is 614. The van der Waals surface area contributed by atoms with Crippen LogP contribution in [0.4, 0.5) is 10.6 Å². The van der Waals surface area contributed by atoms with Gasteiger partial charge in [-0.15, -0.1) is 0 Å². The molecule has 8 heteroatoms. The lowest BCUT2D eigenvalue weighted by molar-refractivity contribution is 0.212. The van der Waals surface area contributed by atoms with Crippen molar-refractivity contribution < 1.29 is 4.79 Å². The maximum absolute atomic E-state index is 11.9. The molecule has 0 aliphatic carbocycles. The minimum atomic E-state index is -0.245. The van der Waals surface area contributed by atoms with Crippen LogP contribution in [0.3, 0.4) is 0 Å². The largest absolute Gasteiger partial charge is 0.336 e. The minimum absolute atomic E-state index is 0.245. The van der Waals surface area contributed by atoms with Crippen molar-refractivity contribution in [2.45, 2.75) is 25.4 Å². The molecule has 2 amide bonds. The maximum Gasteiger partial charge on any atom is 0.320 e. The average molecular weight is 317 g/mol. The first-order chi connectivity index (χ1) is 11.2. The van der Waals surface area contributed by atoms with Gasteiger partial charge < -0.3 is 10.2 Å². The molecule has 3 heterocycles. The molecular weight excluding hydrogens is 294 g/mol. The Hall–Kier alpha value is -2.35. The van der Waals surface area contributed by atoms with Gasteiger partial charge in [-0.2, -0.15) is 10.2 Å². The van der Waals surface area contributed by atoms with Crippen molar-refractivity contribution in [1.29, 1.82) is 0 Å². The Morgan fingerprint density at radius 3 is 2.91 bits per heavy atom. The van der Waals surface area contributed by atoms with Crippen LogP contribution in [0.25, 0.3) is 0 Å². The van der Waals surface area contributed by atoms with Crippen LogP contribution in [-0.4, -0.2) is 57.2 Å². The molecule has 1 saturated heterocycles. The fourth-order valence-electron chi connectivity index (χ4n) is 2.74. The molecule has 0 bridgehead atoms. The van der Waals surface area contributed by atoms with E-state index >= 15 is 0 Å². The van der Waals surface area contributed by atoms with E-state index < -0.39 is 0 Å². The van der Waals surface area contributed by atoms with Crippen molar-refractivity contribution in [2.75, 3.05) is 32.0 Å². The van der Waals surface area contributed by atoms with Crippen LogP contribution < -0.4 is 10.6 Å². The van der Waals surface area contributed by atoms with Crippen LogP contribution >= 0.6 is 0 Å². The summed E-state index contributed by atoms with van der Waals surface area (Å²) in [5, 5.41) is 14.1. The van der Waals surface area contributed by atoms with Gasteiger partial charge in [0.25, 0.3) is 0 Å². The number of amides is 2. The van der Waals surface area contributed by atoms with E-state index in [-0.39, 0.29) is 6.03 Å². The number of piperidine rings is 1. The van der Waals surface area contributed by atoms with Crippen LogP contribution in [-0.2, 0) is 6.54 Å². The summed E-state index contributed by atoms with van der Waals surface area (Å²) in [6.07, 6.45) is 7.70. The molecular formula is C15H23N7O. The van der Waals surface area contributed by atoms with E-state index in [0.717, 1.165) is 25.9 Å². The van der Waals surface area contributed by atoms with E-state index in [1.54, 1.807) is 10.9 Å². The van der Waals surface area contributed by atoms with Crippen LogP contribution in [0.15, 0.2) is 30.7 Å². The summed E-state index contributed by atoms with van der Waals surface area (Å²) in [6.45, 7) is 3.33. The summed E-state index contributed by atoms with van der Waals surface area (Å²) in [5.74, 6) is 0.584. The fraction of sp³-hybridized carbons (Fsp3) is 0.533. The lowest BCUT2D eigenvalue weighted by Crippen LogP contribution is -2.32. The van der Waals surface area contributed by atoms with E-state index in [2.05, 4.69) is 32.8 Å². The molecule has 0 aromatic carbocycles.